The standard InChI is InChI=1S/C22H20Cl2N2O3.C6H10Cl3NO/c1-22(2,3)29-12-17-20(21(27)28)26-19(14-6-10-16(24)11-7-14)18(25-17)13-4-8-15(23)9-5-13;1-5(2,3)11-4(10)6(7,8)9/h4-11H,12H2,1-3H3,(H,27,28);10H,1-3H3. The first-order chi connectivity index (χ1) is 18.3. The van der Waals surface area contributed by atoms with Crippen LogP contribution in [-0.4, -0.2) is 41.9 Å². The molecule has 7 nitrogen and oxygen atoms in total. The molecule has 1 aromatic heterocycles. The number of carboxylic acids is 1. The lowest BCUT2D eigenvalue weighted by Gasteiger charge is -2.24. The molecule has 0 aliphatic heterocycles. The summed E-state index contributed by atoms with van der Waals surface area (Å²) in [4.78, 5) is 21.0. The van der Waals surface area contributed by atoms with Crippen LogP contribution in [0.3, 0.4) is 0 Å². The minimum Gasteiger partial charge on any atom is -0.476 e. The van der Waals surface area contributed by atoms with Crippen molar-refractivity contribution in [2.45, 2.75) is 63.1 Å². The van der Waals surface area contributed by atoms with Crippen molar-refractivity contribution in [3.63, 3.8) is 0 Å². The molecule has 0 aliphatic carbocycles. The number of carboxylic acid groups (broad SMARTS) is 1. The Bertz CT molecular complexity index is 1330. The van der Waals surface area contributed by atoms with E-state index in [-0.39, 0.29) is 23.9 Å². The van der Waals surface area contributed by atoms with Gasteiger partial charge in [-0.1, -0.05) is 82.3 Å². The molecule has 0 aliphatic rings. The monoisotopic (exact) mass is 647 g/mol. The van der Waals surface area contributed by atoms with Crippen LogP contribution in [0.2, 0.25) is 10.0 Å². The number of alkyl halides is 3. The number of hydrogen-bond donors (Lipinski definition) is 2. The first-order valence-electron chi connectivity index (χ1n) is 11.9. The number of hydrogen-bond acceptors (Lipinski definition) is 6. The Balaban J connectivity index is 0.000000432. The molecule has 0 amide bonds. The second-order valence-electron chi connectivity index (χ2n) is 10.5. The SMILES string of the molecule is CC(C)(C)OC(=N)C(Cl)(Cl)Cl.CC(C)(C)OCc1nc(-c2ccc(Cl)cc2)c(-c2ccc(Cl)cc2)nc1C(=O)O. The fraction of sp³-hybridized carbons (Fsp3) is 0.357. The predicted molar refractivity (Wildman–Crippen MR) is 163 cm³/mol. The van der Waals surface area contributed by atoms with Gasteiger partial charge in [-0.15, -0.1) is 0 Å². The zero-order chi connectivity index (χ0) is 30.5. The van der Waals surface area contributed by atoms with Gasteiger partial charge in [0.05, 0.1) is 23.6 Å². The molecule has 2 aromatic carbocycles. The largest absolute Gasteiger partial charge is 0.476 e. The van der Waals surface area contributed by atoms with Crippen molar-refractivity contribution >= 4 is 69.9 Å². The molecule has 0 atom stereocenters. The van der Waals surface area contributed by atoms with Gasteiger partial charge >= 0.3 is 5.97 Å². The average Bonchev–Trinajstić information content (AvgIpc) is 2.81. The lowest BCUT2D eigenvalue weighted by molar-refractivity contribution is -0.0170. The Hall–Kier alpha value is -2.13. The van der Waals surface area contributed by atoms with Crippen LogP contribution in [0.1, 0.15) is 57.7 Å². The molecule has 0 saturated carbocycles. The highest BCUT2D eigenvalue weighted by Gasteiger charge is 2.31. The fourth-order valence-electron chi connectivity index (χ4n) is 3.01. The Kier molecular flexibility index (Phi) is 11.7. The highest BCUT2D eigenvalue weighted by atomic mass is 35.6. The Labute approximate surface area is 259 Å². The lowest BCUT2D eigenvalue weighted by Crippen LogP contribution is -2.31. The topological polar surface area (TPSA) is 105 Å². The molecular formula is C28H30Cl5N3O4. The summed E-state index contributed by atoms with van der Waals surface area (Å²) in [6.45, 7) is 11.0. The smallest absolute Gasteiger partial charge is 0.356 e. The average molecular weight is 650 g/mol. The van der Waals surface area contributed by atoms with Crippen LogP contribution in [0.4, 0.5) is 0 Å². The van der Waals surface area contributed by atoms with Crippen LogP contribution in [0.5, 0.6) is 0 Å². The maximum absolute atomic E-state index is 11.9. The van der Waals surface area contributed by atoms with E-state index in [0.717, 1.165) is 5.56 Å². The molecule has 3 rings (SSSR count). The van der Waals surface area contributed by atoms with Crippen molar-refractivity contribution < 1.29 is 19.4 Å². The summed E-state index contributed by atoms with van der Waals surface area (Å²) >= 11 is 28.1. The van der Waals surface area contributed by atoms with Crippen LogP contribution >= 0.6 is 58.0 Å². The van der Waals surface area contributed by atoms with Gasteiger partial charge in [0, 0.05) is 21.2 Å². The number of benzene rings is 2. The molecular weight excluding hydrogens is 620 g/mol. The molecule has 0 saturated heterocycles. The molecule has 1 heterocycles. The van der Waals surface area contributed by atoms with Gasteiger partial charge in [0.2, 0.25) is 5.90 Å². The summed E-state index contributed by atoms with van der Waals surface area (Å²) in [6, 6.07) is 14.1. The van der Waals surface area contributed by atoms with Gasteiger partial charge in [-0.05, 0) is 65.8 Å². The van der Waals surface area contributed by atoms with Gasteiger partial charge in [-0.3, -0.25) is 5.41 Å². The minimum atomic E-state index is -1.76. The number of rotatable bonds is 5. The first-order valence-corrected chi connectivity index (χ1v) is 13.8. The predicted octanol–water partition coefficient (Wildman–Crippen LogP) is 9.28. The Morgan fingerprint density at radius 2 is 1.23 bits per heavy atom. The van der Waals surface area contributed by atoms with Crippen molar-refractivity contribution in [3.8, 4) is 22.5 Å². The first kappa shape index (κ1) is 34.1. The number of carbonyl (C=O) groups is 1. The van der Waals surface area contributed by atoms with Crippen LogP contribution in [-0.2, 0) is 16.1 Å². The molecule has 2 N–H and O–H groups in total. The zero-order valence-corrected chi connectivity index (χ0v) is 26.6. The van der Waals surface area contributed by atoms with E-state index in [2.05, 4.69) is 9.97 Å². The summed E-state index contributed by atoms with van der Waals surface area (Å²) in [5.41, 5.74) is 1.63. The van der Waals surface area contributed by atoms with E-state index in [0.29, 0.717) is 27.0 Å². The minimum absolute atomic E-state index is 0.0274. The summed E-state index contributed by atoms with van der Waals surface area (Å²) < 4.78 is 9.01. The highest BCUT2D eigenvalue weighted by molar-refractivity contribution is 6.76. The number of nitrogens with zero attached hydrogens (tertiary/aromatic N) is 2. The lowest BCUT2D eigenvalue weighted by atomic mass is 10.0. The molecule has 216 valence electrons. The summed E-state index contributed by atoms with van der Waals surface area (Å²) in [5, 5.41) is 18.1. The van der Waals surface area contributed by atoms with Crippen LogP contribution in [0, 0.1) is 5.41 Å². The van der Waals surface area contributed by atoms with Crippen molar-refractivity contribution in [2.75, 3.05) is 0 Å². The Morgan fingerprint density at radius 1 is 0.800 bits per heavy atom. The van der Waals surface area contributed by atoms with Gasteiger partial charge in [0.25, 0.3) is 3.79 Å². The van der Waals surface area contributed by atoms with E-state index in [1.807, 2.05) is 32.9 Å². The Morgan fingerprint density at radius 3 is 1.55 bits per heavy atom. The van der Waals surface area contributed by atoms with Crippen LogP contribution in [0.25, 0.3) is 22.5 Å². The number of aromatic carboxylic acids is 1. The third-order valence-electron chi connectivity index (χ3n) is 4.71. The second kappa shape index (κ2) is 13.7. The number of halogens is 5. The third kappa shape index (κ3) is 11.0. The van der Waals surface area contributed by atoms with E-state index in [4.69, 9.17) is 72.9 Å². The van der Waals surface area contributed by atoms with Crippen LogP contribution < -0.4 is 0 Å². The molecule has 40 heavy (non-hydrogen) atoms. The normalized spacial score (nSPS) is 11.9. The zero-order valence-electron chi connectivity index (χ0n) is 22.8. The molecule has 0 radical (unpaired) electrons. The van der Waals surface area contributed by atoms with Gasteiger partial charge in [0.1, 0.15) is 11.3 Å². The van der Waals surface area contributed by atoms with Crippen LogP contribution in [0.15, 0.2) is 48.5 Å². The fourth-order valence-corrected chi connectivity index (χ4v) is 3.38. The quantitative estimate of drug-likeness (QED) is 0.162. The molecule has 12 heteroatoms. The van der Waals surface area contributed by atoms with Crippen molar-refractivity contribution in [3.05, 3.63) is 70.0 Å². The van der Waals surface area contributed by atoms with E-state index in [1.165, 1.54) is 0 Å². The highest BCUT2D eigenvalue weighted by Crippen LogP contribution is 2.32. The maximum Gasteiger partial charge on any atom is 0.356 e. The van der Waals surface area contributed by atoms with Gasteiger partial charge in [0.15, 0.2) is 5.69 Å². The van der Waals surface area contributed by atoms with Crippen molar-refractivity contribution in [1.82, 2.24) is 9.97 Å². The summed E-state index contributed by atoms with van der Waals surface area (Å²) in [5.74, 6) is -1.52. The van der Waals surface area contributed by atoms with Gasteiger partial charge < -0.3 is 14.6 Å². The van der Waals surface area contributed by atoms with E-state index < -0.39 is 21.0 Å². The van der Waals surface area contributed by atoms with Gasteiger partial charge in [-0.2, -0.15) is 0 Å². The summed E-state index contributed by atoms with van der Waals surface area (Å²) in [7, 11) is 0. The molecule has 0 spiro atoms. The molecule has 0 fully saturated rings. The number of aromatic nitrogens is 2. The van der Waals surface area contributed by atoms with Crippen molar-refractivity contribution in [1.29, 1.82) is 5.41 Å². The van der Waals surface area contributed by atoms with E-state index in [9.17, 15) is 9.90 Å². The molecule has 0 bridgehead atoms. The molecule has 0 unspecified atom stereocenters. The van der Waals surface area contributed by atoms with Gasteiger partial charge in [-0.25, -0.2) is 14.8 Å². The summed E-state index contributed by atoms with van der Waals surface area (Å²) in [6.07, 6.45) is 0. The third-order valence-corrected chi connectivity index (χ3v) is 5.73. The second-order valence-corrected chi connectivity index (χ2v) is 13.6. The maximum atomic E-state index is 11.9. The van der Waals surface area contributed by atoms with E-state index in [1.54, 1.807) is 57.2 Å². The molecule has 3 aromatic rings. The van der Waals surface area contributed by atoms with E-state index >= 15 is 0 Å². The number of nitrogens with one attached hydrogen (secondary N) is 1. The van der Waals surface area contributed by atoms with Crippen molar-refractivity contribution in [2.24, 2.45) is 0 Å². The number of ether oxygens (including phenoxy) is 2.